The van der Waals surface area contributed by atoms with Crippen LogP contribution in [0.1, 0.15) is 5.56 Å². The van der Waals surface area contributed by atoms with Crippen LogP contribution in [0.3, 0.4) is 0 Å². The van der Waals surface area contributed by atoms with E-state index in [1.807, 2.05) is 30.3 Å². The number of carboxylic acid groups (broad SMARTS) is 1. The minimum atomic E-state index is -1.01. The van der Waals surface area contributed by atoms with Crippen LogP contribution in [0.25, 0.3) is 11.4 Å². The molecule has 1 atom stereocenters. The Bertz CT molecular complexity index is 538. The predicted molar refractivity (Wildman–Crippen MR) is 88.5 cm³/mol. The zero-order valence-corrected chi connectivity index (χ0v) is 13.3. The van der Waals surface area contributed by atoms with Crippen molar-refractivity contribution in [3.8, 4) is 11.4 Å². The van der Waals surface area contributed by atoms with Crippen molar-refractivity contribution in [1.82, 2.24) is 9.97 Å². The lowest BCUT2D eigenvalue weighted by Gasteiger charge is -2.06. The van der Waals surface area contributed by atoms with Crippen LogP contribution in [0.5, 0.6) is 0 Å². The number of aromatic nitrogens is 2. The van der Waals surface area contributed by atoms with E-state index in [4.69, 9.17) is 10.8 Å². The minimum absolute atomic E-state index is 0. The van der Waals surface area contributed by atoms with E-state index >= 15 is 0 Å². The molecule has 0 aliphatic heterocycles. The quantitative estimate of drug-likeness (QED) is 0.881. The Morgan fingerprint density at radius 1 is 1.10 bits per heavy atom. The Hall–Kier alpha value is -1.40. The molecule has 2 aromatic rings. The number of hydrogen-bond acceptors (Lipinski definition) is 4. The zero-order valence-electron chi connectivity index (χ0n) is 10.9. The fraction of sp³-hybridized carbons (Fsp3) is 0.154. The molecule has 0 radical (unpaired) electrons. The molecule has 2 aromatic heterocycles. The van der Waals surface area contributed by atoms with Crippen molar-refractivity contribution in [2.75, 3.05) is 0 Å². The van der Waals surface area contributed by atoms with Gasteiger partial charge in [0.2, 0.25) is 0 Å². The van der Waals surface area contributed by atoms with Crippen molar-refractivity contribution in [3.63, 3.8) is 0 Å². The van der Waals surface area contributed by atoms with Crippen LogP contribution in [0, 0.1) is 0 Å². The number of aliphatic carboxylic acids is 1. The number of pyridine rings is 2. The average molecular weight is 353 g/mol. The summed E-state index contributed by atoms with van der Waals surface area (Å²) >= 11 is 0. The van der Waals surface area contributed by atoms with Gasteiger partial charge in [0.1, 0.15) is 6.04 Å². The van der Waals surface area contributed by atoms with E-state index in [-0.39, 0.29) is 43.6 Å². The van der Waals surface area contributed by atoms with Gasteiger partial charge in [0.25, 0.3) is 0 Å². The first-order valence-electron chi connectivity index (χ1n) is 5.51. The molecule has 116 valence electrons. The van der Waals surface area contributed by atoms with Crippen LogP contribution in [0.15, 0.2) is 42.7 Å². The molecule has 0 fully saturated rings. The van der Waals surface area contributed by atoms with E-state index in [0.29, 0.717) is 0 Å². The second-order valence-electron chi connectivity index (χ2n) is 3.92. The summed E-state index contributed by atoms with van der Waals surface area (Å²) in [5.74, 6) is -1.01. The first-order chi connectivity index (χ1) is 8.66. The number of rotatable bonds is 4. The van der Waals surface area contributed by atoms with E-state index in [0.717, 1.165) is 17.0 Å². The van der Waals surface area contributed by atoms with Gasteiger partial charge in [-0.05, 0) is 30.2 Å². The van der Waals surface area contributed by atoms with Crippen molar-refractivity contribution < 1.29 is 9.90 Å². The lowest BCUT2D eigenvalue weighted by Crippen LogP contribution is -2.32. The van der Waals surface area contributed by atoms with Crippen LogP contribution in [-0.4, -0.2) is 27.1 Å². The molecular weight excluding hydrogens is 337 g/mol. The number of carbonyl (C=O) groups is 1. The molecule has 0 saturated carbocycles. The van der Waals surface area contributed by atoms with Crippen molar-refractivity contribution in [1.29, 1.82) is 0 Å². The van der Waals surface area contributed by atoms with Crippen LogP contribution >= 0.6 is 37.2 Å². The number of carboxylic acids is 1. The number of hydrogen-bond donors (Lipinski definition) is 2. The van der Waals surface area contributed by atoms with Gasteiger partial charge in [0.05, 0.1) is 11.4 Å². The number of nitrogens with zero attached hydrogens (tertiary/aromatic N) is 2. The van der Waals surface area contributed by atoms with Crippen LogP contribution < -0.4 is 5.73 Å². The molecule has 0 amide bonds. The molecule has 0 spiro atoms. The highest BCUT2D eigenvalue weighted by Gasteiger charge is 2.12. The first-order valence-corrected chi connectivity index (χ1v) is 5.51. The summed E-state index contributed by atoms with van der Waals surface area (Å²) in [4.78, 5) is 19.1. The van der Waals surface area contributed by atoms with Crippen LogP contribution in [0.2, 0.25) is 0 Å². The highest BCUT2D eigenvalue weighted by molar-refractivity contribution is 5.86. The summed E-state index contributed by atoms with van der Waals surface area (Å²) < 4.78 is 0. The predicted octanol–water partition coefficient (Wildman–Crippen LogP) is 2.36. The molecule has 2 rings (SSSR count). The van der Waals surface area contributed by atoms with Gasteiger partial charge >= 0.3 is 5.97 Å². The highest BCUT2D eigenvalue weighted by Crippen LogP contribution is 2.13. The van der Waals surface area contributed by atoms with Gasteiger partial charge in [-0.2, -0.15) is 0 Å². The van der Waals surface area contributed by atoms with E-state index < -0.39 is 12.0 Å². The van der Waals surface area contributed by atoms with Gasteiger partial charge in [-0.3, -0.25) is 14.8 Å². The molecule has 0 aromatic carbocycles. The van der Waals surface area contributed by atoms with Gasteiger partial charge in [0, 0.05) is 12.4 Å². The summed E-state index contributed by atoms with van der Waals surface area (Å²) in [6.45, 7) is 0. The molecule has 0 aliphatic carbocycles. The fourth-order valence-electron chi connectivity index (χ4n) is 1.55. The maximum Gasteiger partial charge on any atom is 0.320 e. The Balaban J connectivity index is 0. The SMILES string of the molecule is Cl.Cl.Cl.NC(Cc1ccc(-c2ccccn2)nc1)C(=O)O. The van der Waals surface area contributed by atoms with Gasteiger partial charge in [-0.15, -0.1) is 37.2 Å². The lowest BCUT2D eigenvalue weighted by atomic mass is 10.1. The second-order valence-corrected chi connectivity index (χ2v) is 3.92. The summed E-state index contributed by atoms with van der Waals surface area (Å²) in [5.41, 5.74) is 7.79. The summed E-state index contributed by atoms with van der Waals surface area (Å²) in [6, 6.07) is 8.33. The first kappa shape index (κ1) is 21.9. The monoisotopic (exact) mass is 351 g/mol. The normalized spacial score (nSPS) is 10.3. The Labute approximate surface area is 141 Å². The van der Waals surface area contributed by atoms with Crippen LogP contribution in [0.4, 0.5) is 0 Å². The molecule has 21 heavy (non-hydrogen) atoms. The molecule has 0 aliphatic rings. The van der Waals surface area contributed by atoms with E-state index in [2.05, 4.69) is 9.97 Å². The van der Waals surface area contributed by atoms with Crippen LogP contribution in [-0.2, 0) is 11.2 Å². The molecule has 1 unspecified atom stereocenters. The second kappa shape index (κ2) is 10.3. The van der Waals surface area contributed by atoms with Gasteiger partial charge in [-0.1, -0.05) is 12.1 Å². The third-order valence-corrected chi connectivity index (χ3v) is 2.52. The van der Waals surface area contributed by atoms with Crippen molar-refractivity contribution >= 4 is 43.2 Å². The third-order valence-electron chi connectivity index (χ3n) is 2.52. The summed E-state index contributed by atoms with van der Waals surface area (Å²) in [6.07, 6.45) is 3.60. The van der Waals surface area contributed by atoms with Crippen molar-refractivity contribution in [2.45, 2.75) is 12.5 Å². The molecule has 2 heterocycles. The van der Waals surface area contributed by atoms with Crippen molar-refractivity contribution in [3.05, 3.63) is 48.3 Å². The molecular formula is C13H16Cl3N3O2. The zero-order chi connectivity index (χ0) is 13.0. The molecule has 5 nitrogen and oxygen atoms in total. The minimum Gasteiger partial charge on any atom is -0.480 e. The van der Waals surface area contributed by atoms with Gasteiger partial charge < -0.3 is 10.8 Å². The average Bonchev–Trinajstić information content (AvgIpc) is 2.40. The standard InChI is InChI=1S/C13H13N3O2.3ClH/c14-10(13(17)18)7-9-4-5-12(16-8-9)11-3-1-2-6-15-11;;;/h1-6,8,10H,7,14H2,(H,17,18);3*1H. The summed E-state index contributed by atoms with van der Waals surface area (Å²) in [7, 11) is 0. The highest BCUT2D eigenvalue weighted by atomic mass is 35.5. The van der Waals surface area contributed by atoms with Gasteiger partial charge in [0.15, 0.2) is 0 Å². The van der Waals surface area contributed by atoms with E-state index in [9.17, 15) is 4.79 Å². The molecule has 8 heteroatoms. The third kappa shape index (κ3) is 6.27. The smallest absolute Gasteiger partial charge is 0.320 e. The van der Waals surface area contributed by atoms with Gasteiger partial charge in [-0.25, -0.2) is 0 Å². The maximum atomic E-state index is 10.6. The summed E-state index contributed by atoms with van der Waals surface area (Å²) in [5, 5.41) is 8.72. The maximum absolute atomic E-state index is 10.6. The fourth-order valence-corrected chi connectivity index (χ4v) is 1.55. The number of nitrogens with two attached hydrogens (primary N) is 1. The van der Waals surface area contributed by atoms with E-state index in [1.165, 1.54) is 0 Å². The molecule has 0 bridgehead atoms. The lowest BCUT2D eigenvalue weighted by molar-refractivity contribution is -0.138. The Kier molecular flexibility index (Phi) is 10.8. The molecule has 0 saturated heterocycles. The Morgan fingerprint density at radius 2 is 1.76 bits per heavy atom. The van der Waals surface area contributed by atoms with E-state index in [1.54, 1.807) is 12.4 Å². The topological polar surface area (TPSA) is 89.1 Å². The molecule has 3 N–H and O–H groups in total. The number of halogens is 3. The van der Waals surface area contributed by atoms with Crippen molar-refractivity contribution in [2.24, 2.45) is 5.73 Å². The Morgan fingerprint density at radius 3 is 2.24 bits per heavy atom. The largest absolute Gasteiger partial charge is 0.480 e.